The number of hydrogen-bond acceptors (Lipinski definition) is 4. The van der Waals surface area contributed by atoms with E-state index >= 15 is 0 Å². The molecule has 0 bridgehead atoms. The third kappa shape index (κ3) is 6.95. The molecule has 0 atom stereocenters. The van der Waals surface area contributed by atoms with Crippen molar-refractivity contribution in [3.05, 3.63) is 57.8 Å². The third-order valence-corrected chi connectivity index (χ3v) is 5.98. The first-order valence-corrected chi connectivity index (χ1v) is 11.0. The van der Waals surface area contributed by atoms with Crippen LogP contribution in [0.4, 0.5) is 0 Å². The highest BCUT2D eigenvalue weighted by Gasteiger charge is 2.19. The van der Waals surface area contributed by atoms with Gasteiger partial charge in [0.1, 0.15) is 0 Å². The van der Waals surface area contributed by atoms with Gasteiger partial charge in [-0.15, -0.1) is 35.3 Å². The number of amides is 1. The molecule has 2 aromatic rings. The predicted molar refractivity (Wildman–Crippen MR) is 136 cm³/mol. The Morgan fingerprint density at radius 3 is 2.57 bits per heavy atom. The van der Waals surface area contributed by atoms with Crippen molar-refractivity contribution in [1.29, 1.82) is 0 Å². The largest absolute Gasteiger partial charge is 0.356 e. The molecule has 164 valence electrons. The molecule has 2 heterocycles. The zero-order chi connectivity index (χ0) is 20.6. The highest BCUT2D eigenvalue weighted by atomic mass is 127. The number of nitrogens with zero attached hydrogens (tertiary/aromatic N) is 4. The van der Waals surface area contributed by atoms with Gasteiger partial charge in [0.25, 0.3) is 5.91 Å². The summed E-state index contributed by atoms with van der Waals surface area (Å²) in [4.78, 5) is 24.5. The minimum Gasteiger partial charge on any atom is -0.356 e. The van der Waals surface area contributed by atoms with Gasteiger partial charge in [0.05, 0.1) is 0 Å². The van der Waals surface area contributed by atoms with Gasteiger partial charge in [-0.2, -0.15) is 0 Å². The van der Waals surface area contributed by atoms with Crippen molar-refractivity contribution in [3.63, 3.8) is 0 Å². The monoisotopic (exact) mass is 541 g/mol. The molecule has 0 spiro atoms. The van der Waals surface area contributed by atoms with Gasteiger partial charge < -0.3 is 15.1 Å². The fraction of sp³-hybridized carbons (Fsp3) is 0.455. The lowest BCUT2D eigenvalue weighted by Crippen LogP contribution is -2.52. The molecule has 0 saturated carbocycles. The van der Waals surface area contributed by atoms with Gasteiger partial charge in [0.2, 0.25) is 0 Å². The number of nitrogens with one attached hydrogen (secondary N) is 1. The van der Waals surface area contributed by atoms with E-state index in [9.17, 15) is 4.79 Å². The Morgan fingerprint density at radius 2 is 1.93 bits per heavy atom. The van der Waals surface area contributed by atoms with E-state index in [-0.39, 0.29) is 29.9 Å². The van der Waals surface area contributed by atoms with Crippen molar-refractivity contribution in [3.8, 4) is 0 Å². The number of halogens is 1. The van der Waals surface area contributed by atoms with Gasteiger partial charge in [-0.3, -0.25) is 14.7 Å². The first kappa shape index (κ1) is 24.6. The van der Waals surface area contributed by atoms with Crippen LogP contribution in [0.15, 0.2) is 46.8 Å². The maximum absolute atomic E-state index is 12.1. The first-order chi connectivity index (χ1) is 14.1. The summed E-state index contributed by atoms with van der Waals surface area (Å²) in [5.74, 6) is 0.998. The summed E-state index contributed by atoms with van der Waals surface area (Å²) in [5, 5.41) is 5.63. The van der Waals surface area contributed by atoms with Gasteiger partial charge in [-0.1, -0.05) is 18.2 Å². The summed E-state index contributed by atoms with van der Waals surface area (Å²) >= 11 is 1.83. The molecule has 3 rings (SSSR count). The number of piperazine rings is 1. The molecule has 0 unspecified atom stereocenters. The summed E-state index contributed by atoms with van der Waals surface area (Å²) < 4.78 is 0. The van der Waals surface area contributed by atoms with Gasteiger partial charge in [-0.25, -0.2) is 0 Å². The Bertz CT molecular complexity index is 817. The second-order valence-corrected chi connectivity index (χ2v) is 8.50. The fourth-order valence-electron chi connectivity index (χ4n) is 3.51. The molecule has 1 N–H and O–H groups in total. The van der Waals surface area contributed by atoms with Crippen molar-refractivity contribution in [1.82, 2.24) is 20.0 Å². The van der Waals surface area contributed by atoms with Crippen LogP contribution < -0.4 is 5.32 Å². The van der Waals surface area contributed by atoms with Crippen molar-refractivity contribution >= 4 is 47.2 Å². The maximum atomic E-state index is 12.1. The van der Waals surface area contributed by atoms with E-state index in [0.717, 1.165) is 62.8 Å². The number of thiophene rings is 1. The smallest absolute Gasteiger partial charge is 0.253 e. The van der Waals surface area contributed by atoms with Crippen molar-refractivity contribution in [2.75, 3.05) is 53.9 Å². The number of hydrogen-bond donors (Lipinski definition) is 1. The lowest BCUT2D eigenvalue weighted by Gasteiger charge is -2.36. The van der Waals surface area contributed by atoms with Crippen LogP contribution in [0.3, 0.4) is 0 Å². The molecule has 1 aromatic carbocycles. The van der Waals surface area contributed by atoms with Crippen LogP contribution in [-0.4, -0.2) is 80.4 Å². The van der Waals surface area contributed by atoms with Crippen LogP contribution in [0.5, 0.6) is 0 Å². The first-order valence-electron chi connectivity index (χ1n) is 10.1. The van der Waals surface area contributed by atoms with Crippen LogP contribution in [0.2, 0.25) is 0 Å². The van der Waals surface area contributed by atoms with Crippen molar-refractivity contribution < 1.29 is 4.79 Å². The zero-order valence-corrected chi connectivity index (χ0v) is 21.2. The minimum absolute atomic E-state index is 0. The van der Waals surface area contributed by atoms with Crippen LogP contribution in [0.1, 0.15) is 20.8 Å². The summed E-state index contributed by atoms with van der Waals surface area (Å²) in [5.41, 5.74) is 1.89. The quantitative estimate of drug-likeness (QED) is 0.347. The summed E-state index contributed by atoms with van der Waals surface area (Å²) in [6.07, 6.45) is 0.853. The van der Waals surface area contributed by atoms with Crippen LogP contribution >= 0.6 is 35.3 Å². The summed E-state index contributed by atoms with van der Waals surface area (Å²) in [6, 6.07) is 12.2. The van der Waals surface area contributed by atoms with Gasteiger partial charge >= 0.3 is 0 Å². The molecule has 1 aliphatic rings. The molecule has 6 nitrogen and oxygen atoms in total. The molecule has 1 amide bonds. The normalized spacial score (nSPS) is 14.9. The highest BCUT2D eigenvalue weighted by molar-refractivity contribution is 14.0. The number of carbonyl (C=O) groups is 1. The third-order valence-electron chi connectivity index (χ3n) is 5.12. The van der Waals surface area contributed by atoms with Gasteiger partial charge in [0, 0.05) is 70.9 Å². The van der Waals surface area contributed by atoms with E-state index in [0.29, 0.717) is 0 Å². The van der Waals surface area contributed by atoms with E-state index in [1.165, 1.54) is 4.88 Å². The Balaban J connectivity index is 0.00000320. The van der Waals surface area contributed by atoms with Crippen LogP contribution in [0.25, 0.3) is 0 Å². The topological polar surface area (TPSA) is 51.2 Å². The van der Waals surface area contributed by atoms with E-state index in [1.54, 1.807) is 19.0 Å². The van der Waals surface area contributed by atoms with Crippen molar-refractivity contribution in [2.45, 2.75) is 13.0 Å². The Kier molecular flexibility index (Phi) is 10.1. The molecule has 30 heavy (non-hydrogen) atoms. The molecular weight excluding hydrogens is 509 g/mol. The lowest BCUT2D eigenvalue weighted by atomic mass is 10.1. The van der Waals surface area contributed by atoms with Gasteiger partial charge in [0.15, 0.2) is 5.96 Å². The van der Waals surface area contributed by atoms with E-state index in [2.05, 4.69) is 43.7 Å². The second-order valence-electron chi connectivity index (χ2n) is 7.47. The average molecular weight is 542 g/mol. The number of aliphatic imine (C=N–C) groups is 1. The lowest BCUT2D eigenvalue weighted by molar-refractivity contribution is 0.0827. The van der Waals surface area contributed by atoms with E-state index < -0.39 is 0 Å². The number of rotatable bonds is 6. The van der Waals surface area contributed by atoms with Crippen molar-refractivity contribution in [2.24, 2.45) is 4.99 Å². The number of carbonyl (C=O) groups excluding carboxylic acids is 1. The number of benzene rings is 1. The average Bonchev–Trinajstić information content (AvgIpc) is 3.24. The molecule has 1 aromatic heterocycles. The Labute approximate surface area is 201 Å². The van der Waals surface area contributed by atoms with E-state index in [1.807, 2.05) is 36.6 Å². The predicted octanol–water partition coefficient (Wildman–Crippen LogP) is 3.00. The molecular formula is C22H32IN5OS. The zero-order valence-electron chi connectivity index (χ0n) is 18.0. The summed E-state index contributed by atoms with van der Waals surface area (Å²) in [6.45, 7) is 5.90. The molecule has 8 heteroatoms. The van der Waals surface area contributed by atoms with Crippen LogP contribution in [0, 0.1) is 0 Å². The molecule has 1 aliphatic heterocycles. The standard InChI is InChI=1S/C22H31N5OS.HI/c1-23-22(27-13-11-26(12-14-27)17-20-8-5-15-29-20)24-10-9-18-6-4-7-19(16-18)21(28)25(2)3;/h4-8,15-16H,9-14,17H2,1-3H3,(H,23,24);1H. The number of guanidine groups is 1. The van der Waals surface area contributed by atoms with Gasteiger partial charge in [-0.05, 0) is 35.6 Å². The molecule has 0 radical (unpaired) electrons. The Morgan fingerprint density at radius 1 is 1.17 bits per heavy atom. The SMILES string of the molecule is CN=C(NCCc1cccc(C(=O)N(C)C)c1)N1CCN(Cc2cccs2)CC1.I. The van der Waals surface area contributed by atoms with Crippen LogP contribution in [-0.2, 0) is 13.0 Å². The molecule has 1 fully saturated rings. The highest BCUT2D eigenvalue weighted by Crippen LogP contribution is 2.13. The molecule has 0 aliphatic carbocycles. The minimum atomic E-state index is 0. The second kappa shape index (κ2) is 12.3. The van der Waals surface area contributed by atoms with E-state index in [4.69, 9.17) is 0 Å². The molecule has 1 saturated heterocycles. The fourth-order valence-corrected chi connectivity index (χ4v) is 4.26. The summed E-state index contributed by atoms with van der Waals surface area (Å²) in [7, 11) is 5.40. The Hall–Kier alpha value is -1.65. The maximum Gasteiger partial charge on any atom is 0.253 e.